The third-order valence-corrected chi connectivity index (χ3v) is 4.71. The number of benzene rings is 1. The molecular formula is C20H25FN4O4. The Hall–Kier alpha value is -3.07. The fraction of sp³-hybridized carbons (Fsp3) is 0.400. The molecule has 0 bridgehead atoms. The van der Waals surface area contributed by atoms with E-state index in [0.29, 0.717) is 37.5 Å². The summed E-state index contributed by atoms with van der Waals surface area (Å²) in [6, 6.07) is 4.30. The van der Waals surface area contributed by atoms with Crippen LogP contribution in [0.2, 0.25) is 0 Å². The molecule has 156 valence electrons. The number of nitrogens with one attached hydrogen (secondary N) is 2. The highest BCUT2D eigenvalue weighted by atomic mass is 19.1. The summed E-state index contributed by atoms with van der Waals surface area (Å²) in [4.78, 5) is 31.7. The number of anilines is 2. The minimum absolute atomic E-state index is 0.142. The third-order valence-electron chi connectivity index (χ3n) is 4.71. The molecule has 0 unspecified atom stereocenters. The van der Waals surface area contributed by atoms with Gasteiger partial charge in [0.2, 0.25) is 5.91 Å². The number of nitrogens with zero attached hydrogens (tertiary/aromatic N) is 2. The highest BCUT2D eigenvalue weighted by molar-refractivity contribution is 5.90. The van der Waals surface area contributed by atoms with E-state index in [9.17, 15) is 14.0 Å². The lowest BCUT2D eigenvalue weighted by atomic mass is 10.1. The molecule has 2 aliphatic heterocycles. The van der Waals surface area contributed by atoms with Gasteiger partial charge < -0.3 is 15.0 Å². The van der Waals surface area contributed by atoms with Crippen LogP contribution in [0, 0.1) is 5.82 Å². The highest BCUT2D eigenvalue weighted by Crippen LogP contribution is 2.29. The minimum Gasteiger partial charge on any atom is -0.447 e. The maximum absolute atomic E-state index is 14.8. The van der Waals surface area contributed by atoms with Crippen LogP contribution in [0.5, 0.6) is 0 Å². The first-order valence-electron chi connectivity index (χ1n) is 9.42. The maximum Gasteiger partial charge on any atom is 0.414 e. The second kappa shape index (κ2) is 9.42. The smallest absolute Gasteiger partial charge is 0.414 e. The SMILES string of the molecule is C=CCONC1=CCN(c2ccc(N3C(=O)OC[C@@H]3CNC(C)=O)cc2F)CC1. The topological polar surface area (TPSA) is 83.1 Å². The van der Waals surface area contributed by atoms with E-state index in [2.05, 4.69) is 17.4 Å². The van der Waals surface area contributed by atoms with E-state index in [1.807, 2.05) is 11.0 Å². The van der Waals surface area contributed by atoms with Crippen LogP contribution in [-0.4, -0.2) is 50.9 Å². The van der Waals surface area contributed by atoms with E-state index < -0.39 is 11.9 Å². The quantitative estimate of drug-likeness (QED) is 0.392. The van der Waals surface area contributed by atoms with Crippen molar-refractivity contribution in [2.24, 2.45) is 0 Å². The van der Waals surface area contributed by atoms with Crippen molar-refractivity contribution < 1.29 is 23.6 Å². The zero-order valence-electron chi connectivity index (χ0n) is 16.3. The molecule has 29 heavy (non-hydrogen) atoms. The number of carbonyl (C=O) groups excluding carboxylic acids is 2. The normalized spacial score (nSPS) is 18.9. The molecule has 1 fully saturated rings. The van der Waals surface area contributed by atoms with E-state index in [0.717, 1.165) is 5.70 Å². The van der Waals surface area contributed by atoms with Crippen LogP contribution in [0.4, 0.5) is 20.6 Å². The van der Waals surface area contributed by atoms with Gasteiger partial charge in [-0.15, -0.1) is 6.58 Å². The summed E-state index contributed by atoms with van der Waals surface area (Å²) in [5.41, 5.74) is 4.67. The summed E-state index contributed by atoms with van der Waals surface area (Å²) < 4.78 is 19.9. The summed E-state index contributed by atoms with van der Waals surface area (Å²) in [5, 5.41) is 2.66. The summed E-state index contributed by atoms with van der Waals surface area (Å²) in [7, 11) is 0. The first-order valence-corrected chi connectivity index (χ1v) is 9.42. The molecule has 1 aromatic rings. The summed E-state index contributed by atoms with van der Waals surface area (Å²) >= 11 is 0. The number of ether oxygens (including phenoxy) is 1. The van der Waals surface area contributed by atoms with E-state index in [-0.39, 0.29) is 25.1 Å². The molecule has 0 spiro atoms. The van der Waals surface area contributed by atoms with Gasteiger partial charge in [-0.1, -0.05) is 6.08 Å². The molecule has 9 heteroatoms. The first kappa shape index (κ1) is 20.7. The lowest BCUT2D eigenvalue weighted by Gasteiger charge is -2.29. The van der Waals surface area contributed by atoms with Gasteiger partial charge >= 0.3 is 6.09 Å². The Morgan fingerprint density at radius 1 is 1.48 bits per heavy atom. The van der Waals surface area contributed by atoms with Crippen molar-refractivity contribution >= 4 is 23.4 Å². The van der Waals surface area contributed by atoms with E-state index in [4.69, 9.17) is 9.57 Å². The number of hydrogen-bond donors (Lipinski definition) is 2. The average molecular weight is 404 g/mol. The second-order valence-electron chi connectivity index (χ2n) is 6.80. The van der Waals surface area contributed by atoms with E-state index in [1.165, 1.54) is 17.9 Å². The molecule has 2 heterocycles. The van der Waals surface area contributed by atoms with Crippen molar-refractivity contribution in [2.75, 3.05) is 42.6 Å². The van der Waals surface area contributed by atoms with Gasteiger partial charge in [0.15, 0.2) is 0 Å². The van der Waals surface area contributed by atoms with E-state index in [1.54, 1.807) is 18.2 Å². The van der Waals surface area contributed by atoms with Gasteiger partial charge in [-0.05, 0) is 24.3 Å². The Balaban J connectivity index is 1.68. The fourth-order valence-electron chi connectivity index (χ4n) is 3.26. The number of halogens is 1. The van der Waals surface area contributed by atoms with Crippen LogP contribution in [0.15, 0.2) is 42.6 Å². The molecule has 2 amide bonds. The van der Waals surface area contributed by atoms with Crippen LogP contribution in [-0.2, 0) is 14.4 Å². The molecule has 0 radical (unpaired) electrons. The molecule has 2 N–H and O–H groups in total. The van der Waals surface area contributed by atoms with Crippen molar-refractivity contribution in [3.63, 3.8) is 0 Å². The minimum atomic E-state index is -0.552. The predicted octanol–water partition coefficient (Wildman–Crippen LogP) is 2.09. The fourth-order valence-corrected chi connectivity index (χ4v) is 3.26. The van der Waals surface area contributed by atoms with Crippen LogP contribution in [0.1, 0.15) is 13.3 Å². The zero-order valence-corrected chi connectivity index (χ0v) is 16.3. The average Bonchev–Trinajstić information content (AvgIpc) is 3.07. The summed E-state index contributed by atoms with van der Waals surface area (Å²) in [5.74, 6) is -0.624. The summed E-state index contributed by atoms with van der Waals surface area (Å²) in [6.45, 7) is 6.93. The van der Waals surface area contributed by atoms with Crippen molar-refractivity contribution in [2.45, 2.75) is 19.4 Å². The van der Waals surface area contributed by atoms with Gasteiger partial charge in [-0.25, -0.2) is 9.18 Å². The first-order chi connectivity index (χ1) is 14.0. The predicted molar refractivity (Wildman–Crippen MR) is 107 cm³/mol. The Bertz CT molecular complexity index is 814. The van der Waals surface area contributed by atoms with Crippen LogP contribution < -0.4 is 20.6 Å². The molecule has 1 atom stereocenters. The molecule has 2 aliphatic rings. The molecular weight excluding hydrogens is 379 g/mol. The number of hydrogen-bond acceptors (Lipinski definition) is 6. The van der Waals surface area contributed by atoms with Crippen molar-refractivity contribution in [1.29, 1.82) is 0 Å². The Morgan fingerprint density at radius 3 is 2.97 bits per heavy atom. The Labute approximate surface area is 168 Å². The zero-order chi connectivity index (χ0) is 20.8. The lowest BCUT2D eigenvalue weighted by Crippen LogP contribution is -2.42. The number of cyclic esters (lactones) is 1. The molecule has 0 saturated carbocycles. The van der Waals surface area contributed by atoms with Gasteiger partial charge in [0.05, 0.1) is 24.0 Å². The maximum atomic E-state index is 14.8. The van der Waals surface area contributed by atoms with Gasteiger partial charge in [0.1, 0.15) is 12.4 Å². The van der Waals surface area contributed by atoms with Crippen molar-refractivity contribution in [3.8, 4) is 0 Å². The molecule has 8 nitrogen and oxygen atoms in total. The van der Waals surface area contributed by atoms with Gasteiger partial charge in [0, 0.05) is 38.7 Å². The van der Waals surface area contributed by atoms with E-state index >= 15 is 0 Å². The number of carbonyl (C=O) groups is 2. The lowest BCUT2D eigenvalue weighted by molar-refractivity contribution is -0.119. The monoisotopic (exact) mass is 404 g/mol. The highest BCUT2D eigenvalue weighted by Gasteiger charge is 2.34. The number of amides is 2. The Kier molecular flexibility index (Phi) is 6.71. The number of rotatable bonds is 8. The van der Waals surface area contributed by atoms with Gasteiger partial charge in [-0.3, -0.25) is 20.0 Å². The number of hydroxylamine groups is 1. The molecule has 1 saturated heterocycles. The van der Waals surface area contributed by atoms with Crippen LogP contribution >= 0.6 is 0 Å². The largest absolute Gasteiger partial charge is 0.447 e. The molecule has 3 rings (SSSR count). The molecule has 0 aromatic heterocycles. The van der Waals surface area contributed by atoms with Crippen molar-refractivity contribution in [1.82, 2.24) is 10.8 Å². The van der Waals surface area contributed by atoms with Gasteiger partial charge in [0.25, 0.3) is 0 Å². The molecule has 0 aliphatic carbocycles. The van der Waals surface area contributed by atoms with Gasteiger partial charge in [-0.2, -0.15) is 0 Å². The van der Waals surface area contributed by atoms with Crippen molar-refractivity contribution in [3.05, 3.63) is 48.4 Å². The second-order valence-corrected chi connectivity index (χ2v) is 6.80. The van der Waals surface area contributed by atoms with Crippen LogP contribution in [0.25, 0.3) is 0 Å². The van der Waals surface area contributed by atoms with Crippen LogP contribution in [0.3, 0.4) is 0 Å². The summed E-state index contributed by atoms with van der Waals surface area (Å²) in [6.07, 6.45) is 3.73. The standard InChI is InChI=1S/C20H25FN4O4/c1-3-10-29-23-15-6-8-24(9-7-15)19-5-4-16(11-18(19)21)25-17(12-22-14(2)26)13-28-20(25)27/h3-6,11,17,23H,1,7-10,12-13H2,2H3,(H,22,26)/t17-/m0/s1. The third kappa shape index (κ3) is 5.05. The Morgan fingerprint density at radius 2 is 2.31 bits per heavy atom. The molecule has 1 aromatic carbocycles.